The summed E-state index contributed by atoms with van der Waals surface area (Å²) in [4.78, 5) is 38.2. The Morgan fingerprint density at radius 3 is 2.70 bits per heavy atom. The van der Waals surface area contributed by atoms with Crippen LogP contribution >= 0.6 is 0 Å². The van der Waals surface area contributed by atoms with E-state index in [2.05, 4.69) is 16.6 Å². The van der Waals surface area contributed by atoms with Gasteiger partial charge in [0.25, 0.3) is 11.8 Å². The molecule has 0 radical (unpaired) electrons. The first-order valence-corrected chi connectivity index (χ1v) is 8.23. The molecule has 0 saturated heterocycles. The molecule has 7 nitrogen and oxygen atoms in total. The van der Waals surface area contributed by atoms with Crippen LogP contribution in [0.15, 0.2) is 48.5 Å². The summed E-state index contributed by atoms with van der Waals surface area (Å²) in [6.45, 7) is -0.241. The van der Waals surface area contributed by atoms with Crippen molar-refractivity contribution in [1.82, 2.24) is 5.32 Å². The first-order valence-electron chi connectivity index (χ1n) is 8.23. The summed E-state index contributed by atoms with van der Waals surface area (Å²) in [6, 6.07) is 13.6. The highest BCUT2D eigenvalue weighted by Gasteiger charge is 2.27. The van der Waals surface area contributed by atoms with Gasteiger partial charge in [-0.15, -0.1) is 6.42 Å². The fourth-order valence-corrected chi connectivity index (χ4v) is 2.68. The van der Waals surface area contributed by atoms with E-state index < -0.39 is 11.8 Å². The van der Waals surface area contributed by atoms with Gasteiger partial charge in [0.2, 0.25) is 5.91 Å². The Kier molecular flexibility index (Phi) is 5.38. The van der Waals surface area contributed by atoms with E-state index in [0.29, 0.717) is 17.1 Å². The van der Waals surface area contributed by atoms with Gasteiger partial charge in [0.1, 0.15) is 12.3 Å². The topological polar surface area (TPSA) is 87.7 Å². The Labute approximate surface area is 156 Å². The zero-order valence-electron chi connectivity index (χ0n) is 14.4. The van der Waals surface area contributed by atoms with Crippen LogP contribution in [0, 0.1) is 12.3 Å². The molecular formula is C20H17N3O4. The molecule has 0 fully saturated rings. The Morgan fingerprint density at radius 2 is 1.89 bits per heavy atom. The highest BCUT2D eigenvalue weighted by atomic mass is 16.5. The van der Waals surface area contributed by atoms with E-state index in [0.717, 1.165) is 0 Å². The lowest BCUT2D eigenvalue weighted by Crippen LogP contribution is -2.43. The van der Waals surface area contributed by atoms with Crippen LogP contribution in [0.5, 0.6) is 5.75 Å². The van der Waals surface area contributed by atoms with Crippen molar-refractivity contribution >= 4 is 29.1 Å². The molecule has 0 spiro atoms. The number of terminal acetylenes is 1. The van der Waals surface area contributed by atoms with Crippen molar-refractivity contribution in [3.8, 4) is 18.1 Å². The van der Waals surface area contributed by atoms with Crippen molar-refractivity contribution in [1.29, 1.82) is 0 Å². The van der Waals surface area contributed by atoms with E-state index in [1.165, 1.54) is 4.90 Å². The molecule has 0 unspecified atom stereocenters. The highest BCUT2D eigenvalue weighted by Crippen LogP contribution is 2.31. The second kappa shape index (κ2) is 8.06. The lowest BCUT2D eigenvalue weighted by atomic mass is 10.1. The number of hydrogen-bond donors (Lipinski definition) is 2. The number of ether oxygens (including phenoxy) is 1. The number of fused-ring (bicyclic) bond motifs is 1. The van der Waals surface area contributed by atoms with Crippen LogP contribution in [0.3, 0.4) is 0 Å². The summed E-state index contributed by atoms with van der Waals surface area (Å²) >= 11 is 0. The third kappa shape index (κ3) is 4.07. The van der Waals surface area contributed by atoms with Crippen LogP contribution in [-0.4, -0.2) is 37.4 Å². The average molecular weight is 363 g/mol. The second-order valence-corrected chi connectivity index (χ2v) is 5.72. The molecule has 1 heterocycles. The SMILES string of the molecule is C#CCNC(=O)c1ccccc1NC(=O)CN1C(=O)COc2ccccc21. The van der Waals surface area contributed by atoms with E-state index >= 15 is 0 Å². The molecule has 0 aromatic heterocycles. The van der Waals surface area contributed by atoms with Crippen LogP contribution in [0.1, 0.15) is 10.4 Å². The minimum absolute atomic E-state index is 0.0835. The predicted molar refractivity (Wildman–Crippen MR) is 101 cm³/mol. The van der Waals surface area contributed by atoms with Gasteiger partial charge in [-0.3, -0.25) is 19.3 Å². The minimum Gasteiger partial charge on any atom is -0.482 e. The Bertz CT molecular complexity index is 933. The molecule has 2 aromatic carbocycles. The number of nitrogens with zero attached hydrogens (tertiary/aromatic N) is 1. The van der Waals surface area contributed by atoms with E-state index in [1.807, 2.05) is 0 Å². The number of carbonyl (C=O) groups excluding carboxylic acids is 3. The van der Waals surface area contributed by atoms with Crippen molar-refractivity contribution in [3.05, 3.63) is 54.1 Å². The molecule has 7 heteroatoms. The molecule has 0 aliphatic carbocycles. The molecule has 0 saturated carbocycles. The van der Waals surface area contributed by atoms with Gasteiger partial charge in [0.05, 0.1) is 23.5 Å². The van der Waals surface area contributed by atoms with Crippen molar-refractivity contribution in [3.63, 3.8) is 0 Å². The molecule has 2 N–H and O–H groups in total. The van der Waals surface area contributed by atoms with Gasteiger partial charge in [-0.1, -0.05) is 30.2 Å². The van der Waals surface area contributed by atoms with E-state index in [4.69, 9.17) is 11.2 Å². The molecular weight excluding hydrogens is 346 g/mol. The third-order valence-electron chi connectivity index (χ3n) is 3.91. The molecule has 1 aliphatic heterocycles. The van der Waals surface area contributed by atoms with Gasteiger partial charge in [0, 0.05) is 0 Å². The number of anilines is 2. The van der Waals surface area contributed by atoms with Crippen LogP contribution < -0.4 is 20.3 Å². The molecule has 0 bridgehead atoms. The lowest BCUT2D eigenvalue weighted by molar-refractivity contribution is -0.123. The molecule has 1 aliphatic rings. The smallest absolute Gasteiger partial charge is 0.265 e. The highest BCUT2D eigenvalue weighted by molar-refractivity contribution is 6.08. The molecule has 136 valence electrons. The van der Waals surface area contributed by atoms with Crippen LogP contribution in [-0.2, 0) is 9.59 Å². The van der Waals surface area contributed by atoms with Crippen molar-refractivity contribution in [2.24, 2.45) is 0 Å². The fourth-order valence-electron chi connectivity index (χ4n) is 2.68. The monoisotopic (exact) mass is 363 g/mol. The zero-order valence-corrected chi connectivity index (χ0v) is 14.4. The number of benzene rings is 2. The summed E-state index contributed by atoms with van der Waals surface area (Å²) < 4.78 is 5.36. The maximum atomic E-state index is 12.5. The van der Waals surface area contributed by atoms with Gasteiger partial charge in [-0.25, -0.2) is 0 Å². The summed E-state index contributed by atoms with van der Waals surface area (Å²) in [5.41, 5.74) is 1.16. The molecule has 3 rings (SSSR count). The van der Waals surface area contributed by atoms with Gasteiger partial charge in [0.15, 0.2) is 6.61 Å². The zero-order chi connectivity index (χ0) is 19.2. The first kappa shape index (κ1) is 18.0. The predicted octanol–water partition coefficient (Wildman–Crippen LogP) is 1.41. The number of nitrogens with one attached hydrogen (secondary N) is 2. The Hall–Kier alpha value is -3.79. The maximum Gasteiger partial charge on any atom is 0.265 e. The minimum atomic E-state index is -0.433. The van der Waals surface area contributed by atoms with Gasteiger partial charge in [-0.2, -0.15) is 0 Å². The van der Waals surface area contributed by atoms with Crippen LogP contribution in [0.2, 0.25) is 0 Å². The Morgan fingerprint density at radius 1 is 1.15 bits per heavy atom. The Balaban J connectivity index is 1.75. The molecule has 27 heavy (non-hydrogen) atoms. The molecule has 2 aromatic rings. The molecule has 0 atom stereocenters. The van der Waals surface area contributed by atoms with E-state index in [1.54, 1.807) is 48.5 Å². The van der Waals surface area contributed by atoms with Crippen molar-refractivity contribution in [2.45, 2.75) is 0 Å². The fraction of sp³-hybridized carbons (Fsp3) is 0.150. The van der Waals surface area contributed by atoms with Gasteiger partial charge < -0.3 is 15.4 Å². The average Bonchev–Trinajstić information content (AvgIpc) is 2.68. The first-order chi connectivity index (χ1) is 13.1. The number of carbonyl (C=O) groups is 3. The summed E-state index contributed by atoms with van der Waals surface area (Å²) in [6.07, 6.45) is 5.15. The van der Waals surface area contributed by atoms with Crippen LogP contribution in [0.25, 0.3) is 0 Å². The van der Waals surface area contributed by atoms with Crippen molar-refractivity contribution < 1.29 is 19.1 Å². The molecule has 3 amide bonds. The van der Waals surface area contributed by atoms with E-state index in [9.17, 15) is 14.4 Å². The van der Waals surface area contributed by atoms with Crippen LogP contribution in [0.4, 0.5) is 11.4 Å². The normalized spacial score (nSPS) is 12.4. The van der Waals surface area contributed by atoms with E-state index in [-0.39, 0.29) is 31.2 Å². The third-order valence-corrected chi connectivity index (χ3v) is 3.91. The van der Waals surface area contributed by atoms with Crippen molar-refractivity contribution in [2.75, 3.05) is 29.9 Å². The largest absolute Gasteiger partial charge is 0.482 e. The quantitative estimate of drug-likeness (QED) is 0.787. The number of rotatable bonds is 5. The number of amides is 3. The summed E-state index contributed by atoms with van der Waals surface area (Å²) in [5, 5.41) is 5.24. The number of para-hydroxylation sites is 3. The second-order valence-electron chi connectivity index (χ2n) is 5.72. The van der Waals surface area contributed by atoms with Gasteiger partial charge in [-0.05, 0) is 24.3 Å². The standard InChI is InChI=1S/C20H17N3O4/c1-2-11-21-20(26)14-7-3-4-8-15(14)22-18(24)12-23-16-9-5-6-10-17(16)27-13-19(23)25/h1,3-10H,11-13H2,(H,21,26)(H,22,24). The summed E-state index contributed by atoms with van der Waals surface area (Å²) in [7, 11) is 0. The maximum absolute atomic E-state index is 12.5. The lowest BCUT2D eigenvalue weighted by Gasteiger charge is -2.28. The van der Waals surface area contributed by atoms with Gasteiger partial charge >= 0.3 is 0 Å². The number of hydrogen-bond acceptors (Lipinski definition) is 4. The summed E-state index contributed by atoms with van der Waals surface area (Å²) in [5.74, 6) is 1.72.